The highest BCUT2D eigenvalue weighted by Gasteiger charge is 2.09. The monoisotopic (exact) mass is 301 g/mol. The van der Waals surface area contributed by atoms with Gasteiger partial charge in [-0.25, -0.2) is 9.78 Å². The quantitative estimate of drug-likeness (QED) is 0.818. The number of nitrogens with zero attached hydrogens (tertiary/aromatic N) is 1. The lowest BCUT2D eigenvalue weighted by molar-refractivity contribution is 0.249. The molecule has 0 saturated carbocycles. The Morgan fingerprint density at radius 3 is 2.62 bits per heavy atom. The summed E-state index contributed by atoms with van der Waals surface area (Å²) in [4.78, 5) is 16.2. The number of anilines is 1. The molecule has 2 rings (SSSR count). The van der Waals surface area contributed by atoms with Crippen LogP contribution in [0, 0.1) is 0 Å². The van der Waals surface area contributed by atoms with Crippen LogP contribution in [0.5, 0.6) is 0 Å². The Balaban J connectivity index is 1.89. The average molecular weight is 301 g/mol. The van der Waals surface area contributed by atoms with Crippen molar-refractivity contribution < 1.29 is 4.79 Å². The minimum atomic E-state index is -0.232. The maximum atomic E-state index is 12.0. The zero-order valence-corrected chi connectivity index (χ0v) is 13.0. The molecule has 4 nitrogen and oxygen atoms in total. The van der Waals surface area contributed by atoms with E-state index in [0.717, 1.165) is 16.3 Å². The fourth-order valence-corrected chi connectivity index (χ4v) is 2.46. The van der Waals surface area contributed by atoms with Crippen molar-refractivity contribution in [2.75, 3.05) is 11.1 Å². The van der Waals surface area contributed by atoms with Crippen LogP contribution in [-0.4, -0.2) is 16.8 Å². The third kappa shape index (κ3) is 4.79. The fraction of sp³-hybridized carbons (Fsp3) is 0.250. The predicted molar refractivity (Wildman–Crippen MR) is 87.6 cm³/mol. The number of carbonyl (C=O) groups excluding carboxylic acids is 1. The van der Waals surface area contributed by atoms with E-state index in [9.17, 15) is 4.79 Å². The molecule has 0 aliphatic rings. The molecule has 0 aliphatic carbocycles. The van der Waals surface area contributed by atoms with Crippen molar-refractivity contribution in [2.24, 2.45) is 0 Å². The summed E-state index contributed by atoms with van der Waals surface area (Å²) >= 11 is 1.67. The van der Waals surface area contributed by atoms with Gasteiger partial charge in [-0.05, 0) is 30.4 Å². The van der Waals surface area contributed by atoms with Crippen molar-refractivity contribution >= 4 is 23.5 Å². The van der Waals surface area contributed by atoms with Crippen LogP contribution in [0.3, 0.4) is 0 Å². The van der Waals surface area contributed by atoms with Gasteiger partial charge in [-0.3, -0.25) is 0 Å². The highest BCUT2D eigenvalue weighted by atomic mass is 32.2. The van der Waals surface area contributed by atoms with Crippen molar-refractivity contribution in [3.63, 3.8) is 0 Å². The highest BCUT2D eigenvalue weighted by molar-refractivity contribution is 7.99. The smallest absolute Gasteiger partial charge is 0.319 e. The number of benzene rings is 1. The molecule has 0 spiro atoms. The van der Waals surface area contributed by atoms with Crippen LogP contribution in [0.1, 0.15) is 25.5 Å². The van der Waals surface area contributed by atoms with Gasteiger partial charge in [-0.15, -0.1) is 11.8 Å². The minimum absolute atomic E-state index is 0.0471. The third-order valence-electron chi connectivity index (χ3n) is 2.93. The van der Waals surface area contributed by atoms with Gasteiger partial charge in [0.25, 0.3) is 0 Å². The van der Waals surface area contributed by atoms with E-state index in [0.29, 0.717) is 5.69 Å². The lowest BCUT2D eigenvalue weighted by Gasteiger charge is -2.15. The largest absolute Gasteiger partial charge is 0.331 e. The Hall–Kier alpha value is -2.01. The van der Waals surface area contributed by atoms with Gasteiger partial charge in [0.05, 0.1) is 23.0 Å². The van der Waals surface area contributed by atoms with Crippen LogP contribution in [0.2, 0.25) is 0 Å². The standard InChI is InChI=1S/C16H19N3OS/c1-3-21-15-10-9-14(11-17-15)19-16(20)18-12(2)13-7-5-4-6-8-13/h4-12H,3H2,1-2H3,(H2,18,19,20). The van der Waals surface area contributed by atoms with E-state index in [2.05, 4.69) is 22.5 Å². The number of hydrogen-bond donors (Lipinski definition) is 2. The molecule has 0 saturated heterocycles. The van der Waals surface area contributed by atoms with Crippen LogP contribution < -0.4 is 10.6 Å². The van der Waals surface area contributed by atoms with Crippen LogP contribution in [0.25, 0.3) is 0 Å². The van der Waals surface area contributed by atoms with E-state index in [1.165, 1.54) is 0 Å². The van der Waals surface area contributed by atoms with Crippen molar-refractivity contribution in [1.29, 1.82) is 0 Å². The first-order chi connectivity index (χ1) is 10.2. The molecular weight excluding hydrogens is 282 g/mol. The Kier molecular flexibility index (Phi) is 5.63. The summed E-state index contributed by atoms with van der Waals surface area (Å²) in [6.07, 6.45) is 1.67. The Bertz CT molecular complexity index is 572. The van der Waals surface area contributed by atoms with Crippen LogP contribution in [0.15, 0.2) is 53.7 Å². The Labute approximate surface area is 129 Å². The molecule has 110 valence electrons. The van der Waals surface area contributed by atoms with Crippen molar-refractivity contribution in [1.82, 2.24) is 10.3 Å². The topological polar surface area (TPSA) is 54.0 Å². The van der Waals surface area contributed by atoms with Gasteiger partial charge >= 0.3 is 6.03 Å². The molecule has 0 aliphatic heterocycles. The van der Waals surface area contributed by atoms with Gasteiger partial charge in [0, 0.05) is 0 Å². The predicted octanol–water partition coefficient (Wildman–Crippen LogP) is 4.08. The van der Waals surface area contributed by atoms with Gasteiger partial charge in [-0.2, -0.15) is 0 Å². The number of hydrogen-bond acceptors (Lipinski definition) is 3. The van der Waals surface area contributed by atoms with E-state index in [1.807, 2.05) is 49.4 Å². The highest BCUT2D eigenvalue weighted by Crippen LogP contribution is 2.17. The molecule has 2 N–H and O–H groups in total. The van der Waals surface area contributed by atoms with Crippen molar-refractivity contribution in [3.05, 3.63) is 54.2 Å². The molecule has 5 heteroatoms. The van der Waals surface area contributed by atoms with E-state index >= 15 is 0 Å². The van der Waals surface area contributed by atoms with Crippen molar-refractivity contribution in [3.8, 4) is 0 Å². The van der Waals surface area contributed by atoms with Gasteiger partial charge in [0.15, 0.2) is 0 Å². The van der Waals surface area contributed by atoms with E-state index in [1.54, 1.807) is 18.0 Å². The second kappa shape index (κ2) is 7.69. The molecule has 1 heterocycles. The SMILES string of the molecule is CCSc1ccc(NC(=O)NC(C)c2ccccc2)cn1. The molecule has 1 aromatic heterocycles. The lowest BCUT2D eigenvalue weighted by atomic mass is 10.1. The maximum absolute atomic E-state index is 12.0. The number of thioether (sulfide) groups is 1. The van der Waals surface area contributed by atoms with Gasteiger partial charge < -0.3 is 10.6 Å². The first-order valence-corrected chi connectivity index (χ1v) is 7.89. The summed E-state index contributed by atoms with van der Waals surface area (Å²) < 4.78 is 0. The molecule has 0 radical (unpaired) electrons. The maximum Gasteiger partial charge on any atom is 0.319 e. The number of pyridine rings is 1. The Morgan fingerprint density at radius 2 is 2.00 bits per heavy atom. The van der Waals surface area contributed by atoms with Gasteiger partial charge in [-0.1, -0.05) is 37.3 Å². The fourth-order valence-electron chi connectivity index (χ4n) is 1.88. The minimum Gasteiger partial charge on any atom is -0.331 e. The first-order valence-electron chi connectivity index (χ1n) is 6.90. The number of aromatic nitrogens is 1. The third-order valence-corrected chi connectivity index (χ3v) is 3.76. The molecular formula is C16H19N3OS. The number of rotatable bonds is 5. The summed E-state index contributed by atoms with van der Waals surface area (Å²) in [5.41, 5.74) is 1.76. The normalized spacial score (nSPS) is 11.7. The molecule has 1 unspecified atom stereocenters. The molecule has 0 fully saturated rings. The number of urea groups is 1. The molecule has 0 bridgehead atoms. The van der Waals surface area contributed by atoms with Crippen molar-refractivity contribution in [2.45, 2.75) is 24.9 Å². The number of nitrogens with one attached hydrogen (secondary N) is 2. The molecule has 2 aromatic rings. The second-order valence-electron chi connectivity index (χ2n) is 4.55. The second-order valence-corrected chi connectivity index (χ2v) is 5.83. The summed E-state index contributed by atoms with van der Waals surface area (Å²) in [7, 11) is 0. The summed E-state index contributed by atoms with van der Waals surface area (Å²) in [5.74, 6) is 0.981. The molecule has 2 amide bonds. The first kappa shape index (κ1) is 15.4. The summed E-state index contributed by atoms with van der Waals surface area (Å²) in [5, 5.41) is 6.65. The lowest BCUT2D eigenvalue weighted by Crippen LogP contribution is -2.31. The summed E-state index contributed by atoms with van der Waals surface area (Å²) in [6, 6.07) is 13.3. The Morgan fingerprint density at radius 1 is 1.24 bits per heavy atom. The molecule has 1 atom stereocenters. The molecule has 1 aromatic carbocycles. The zero-order valence-electron chi connectivity index (χ0n) is 12.2. The van der Waals surface area contributed by atoms with Crippen LogP contribution >= 0.6 is 11.8 Å². The van der Waals surface area contributed by atoms with Crippen LogP contribution in [0.4, 0.5) is 10.5 Å². The number of carbonyl (C=O) groups is 1. The molecule has 21 heavy (non-hydrogen) atoms. The van der Waals surface area contributed by atoms with E-state index in [-0.39, 0.29) is 12.1 Å². The van der Waals surface area contributed by atoms with E-state index in [4.69, 9.17) is 0 Å². The van der Waals surface area contributed by atoms with E-state index < -0.39 is 0 Å². The van der Waals surface area contributed by atoms with Crippen LogP contribution in [-0.2, 0) is 0 Å². The zero-order chi connectivity index (χ0) is 15.1. The summed E-state index contributed by atoms with van der Waals surface area (Å²) in [6.45, 7) is 4.03. The average Bonchev–Trinajstić information content (AvgIpc) is 2.50. The van der Waals surface area contributed by atoms with Gasteiger partial charge in [0.1, 0.15) is 0 Å². The number of amides is 2. The van der Waals surface area contributed by atoms with Gasteiger partial charge in [0.2, 0.25) is 0 Å².